The van der Waals surface area contributed by atoms with E-state index >= 15 is 0 Å². The third kappa shape index (κ3) is 7.56. The number of nitrogens with zero attached hydrogens (tertiary/aromatic N) is 8. The highest BCUT2D eigenvalue weighted by Gasteiger charge is 2.53. The number of carbonyl (C=O) groups excluding carboxylic acids is 2. The van der Waals surface area contributed by atoms with E-state index in [1.165, 1.54) is 52.2 Å². The summed E-state index contributed by atoms with van der Waals surface area (Å²) in [4.78, 5) is 54.7. The molecule has 1 aliphatic heterocycles. The lowest BCUT2D eigenvalue weighted by Gasteiger charge is -2.42. The number of amides is 1. The van der Waals surface area contributed by atoms with Gasteiger partial charge in [0.05, 0.1) is 35.6 Å². The van der Waals surface area contributed by atoms with Crippen molar-refractivity contribution >= 4 is 34.3 Å². The molecule has 1 saturated heterocycles. The van der Waals surface area contributed by atoms with Crippen molar-refractivity contribution in [2.45, 2.75) is 37.6 Å². The van der Waals surface area contributed by atoms with E-state index < -0.39 is 29.7 Å². The molecule has 2 aliphatic rings. The summed E-state index contributed by atoms with van der Waals surface area (Å²) >= 11 is 5.95. The van der Waals surface area contributed by atoms with Gasteiger partial charge in [-0.2, -0.15) is 28.2 Å². The van der Waals surface area contributed by atoms with Crippen LogP contribution in [0.4, 0.5) is 13.2 Å². The van der Waals surface area contributed by atoms with Crippen LogP contribution >= 0.6 is 11.6 Å². The third-order valence-electron chi connectivity index (χ3n) is 8.78. The predicted octanol–water partition coefficient (Wildman–Crippen LogP) is 4.11. The van der Waals surface area contributed by atoms with Crippen LogP contribution in [0, 0.1) is 0 Å². The molecule has 4 heterocycles. The first-order valence-electron chi connectivity index (χ1n) is 16.0. The zero-order valence-corrected chi connectivity index (χ0v) is 27.7. The minimum absolute atomic E-state index is 0.0842. The predicted molar refractivity (Wildman–Crippen MR) is 177 cm³/mol. The number of alkyl halides is 3. The largest absolute Gasteiger partial charge is 0.484 e. The van der Waals surface area contributed by atoms with Gasteiger partial charge in [-0.15, -0.1) is 0 Å². The molecule has 7 rings (SSSR count). The molecule has 17 heteroatoms. The third-order valence-corrected chi connectivity index (χ3v) is 9.03. The zero-order chi connectivity index (χ0) is 35.8. The van der Waals surface area contributed by atoms with Crippen LogP contribution in [0.15, 0.2) is 78.0 Å². The van der Waals surface area contributed by atoms with Gasteiger partial charge >= 0.3 is 6.18 Å². The van der Waals surface area contributed by atoms with Gasteiger partial charge in [0.15, 0.2) is 24.6 Å². The van der Waals surface area contributed by atoms with Crippen LogP contribution in [-0.2, 0) is 17.9 Å². The maximum atomic E-state index is 14.2. The number of ketones is 1. The second-order valence-corrected chi connectivity index (χ2v) is 12.8. The van der Waals surface area contributed by atoms with Gasteiger partial charge < -0.3 is 14.4 Å². The highest BCUT2D eigenvalue weighted by molar-refractivity contribution is 6.30. The molecule has 2 fully saturated rings. The van der Waals surface area contributed by atoms with Crippen LogP contribution in [0.25, 0.3) is 16.7 Å². The summed E-state index contributed by atoms with van der Waals surface area (Å²) in [5.41, 5.74) is -0.889. The van der Waals surface area contributed by atoms with Gasteiger partial charge in [-0.25, -0.2) is 9.97 Å². The van der Waals surface area contributed by atoms with E-state index in [1.807, 2.05) is 9.80 Å². The zero-order valence-electron chi connectivity index (χ0n) is 26.9. The first-order chi connectivity index (χ1) is 24.5. The Bertz CT molecular complexity index is 2140. The van der Waals surface area contributed by atoms with E-state index in [0.29, 0.717) is 30.4 Å². The number of hydrogen-bond donors (Lipinski definition) is 0. The smallest absolute Gasteiger partial charge is 0.422 e. The normalized spacial score (nSPS) is 15.6. The number of carbonyl (C=O) groups is 2. The second kappa shape index (κ2) is 13.8. The van der Waals surface area contributed by atoms with Gasteiger partial charge in [-0.3, -0.25) is 23.9 Å². The number of benzene rings is 2. The Kier molecular flexibility index (Phi) is 9.20. The summed E-state index contributed by atoms with van der Waals surface area (Å²) in [6.07, 6.45) is 1.15. The maximum Gasteiger partial charge on any atom is 0.422 e. The van der Waals surface area contributed by atoms with E-state index in [0.717, 1.165) is 12.8 Å². The average molecular weight is 723 g/mol. The molecule has 0 radical (unpaired) electrons. The van der Waals surface area contributed by atoms with Gasteiger partial charge in [-0.1, -0.05) is 11.6 Å². The number of pyridine rings is 1. The van der Waals surface area contributed by atoms with Crippen LogP contribution in [-0.4, -0.2) is 95.6 Å². The van der Waals surface area contributed by atoms with Crippen molar-refractivity contribution in [2.75, 3.05) is 32.8 Å². The van der Waals surface area contributed by atoms with Gasteiger partial charge in [0.25, 0.3) is 11.5 Å². The highest BCUT2D eigenvalue weighted by atomic mass is 35.5. The van der Waals surface area contributed by atoms with Crippen molar-refractivity contribution in [3.8, 4) is 17.2 Å². The standard InChI is InChI=1S/C34H30ClF3N8O5/c35-23-4-6-24(7-5-23)50-19-30(48)44-15-14-43(20-33(44)9-10-33)18-29-42-31-25(2-1-11-39-31)32(49)46(29)26-16-22(27(47)17-45-40-12-13-41-45)3-8-28(26)51-21-34(36,37)38/h1-8,11-13,16H,9-10,14-15,17-21H2. The Labute approximate surface area is 293 Å². The van der Waals surface area contributed by atoms with Crippen LogP contribution in [0.3, 0.4) is 0 Å². The number of Topliss-reactive ketones (excluding diaryl/α,β-unsaturated/α-hetero) is 1. The van der Waals surface area contributed by atoms with Crippen molar-refractivity contribution in [2.24, 2.45) is 0 Å². The van der Waals surface area contributed by atoms with Gasteiger partial charge in [0.1, 0.15) is 23.9 Å². The quantitative estimate of drug-likeness (QED) is 0.183. The molecular weight excluding hydrogens is 693 g/mol. The number of aromatic nitrogens is 6. The molecule has 0 unspecified atom stereocenters. The average Bonchev–Trinajstić information content (AvgIpc) is 3.66. The van der Waals surface area contributed by atoms with E-state index in [2.05, 4.69) is 15.2 Å². The molecular formula is C34H30ClF3N8O5. The monoisotopic (exact) mass is 722 g/mol. The highest BCUT2D eigenvalue weighted by Crippen LogP contribution is 2.44. The van der Waals surface area contributed by atoms with Crippen LogP contribution in [0.5, 0.6) is 11.5 Å². The van der Waals surface area contributed by atoms with Gasteiger partial charge in [0.2, 0.25) is 0 Å². The van der Waals surface area contributed by atoms with Crippen LogP contribution in [0.1, 0.15) is 29.0 Å². The lowest BCUT2D eigenvalue weighted by Crippen LogP contribution is -2.57. The minimum Gasteiger partial charge on any atom is -0.484 e. The Morgan fingerprint density at radius 1 is 0.961 bits per heavy atom. The molecule has 5 aromatic rings. The first kappa shape index (κ1) is 34.1. The first-order valence-corrected chi connectivity index (χ1v) is 16.3. The Hall–Kier alpha value is -5.35. The molecule has 0 bridgehead atoms. The van der Waals surface area contributed by atoms with E-state index in [4.69, 9.17) is 26.1 Å². The fourth-order valence-corrected chi connectivity index (χ4v) is 6.34. The summed E-state index contributed by atoms with van der Waals surface area (Å²) in [5.74, 6) is -0.193. The van der Waals surface area contributed by atoms with E-state index in [-0.39, 0.29) is 59.5 Å². The number of fused-ring (bicyclic) bond motifs is 1. The molecule has 3 aromatic heterocycles. The van der Waals surface area contributed by atoms with Crippen LogP contribution in [0.2, 0.25) is 5.02 Å². The van der Waals surface area contributed by atoms with Crippen molar-refractivity contribution in [1.29, 1.82) is 0 Å². The fraction of sp³-hybridized carbons (Fsp3) is 0.324. The SMILES string of the molecule is O=C(Cn1nccn1)c1ccc(OCC(F)(F)F)c(-n2c(CN3CCN(C(=O)COc4ccc(Cl)cc4)C4(CC4)C3)nc3ncccc3c2=O)c1. The number of halogens is 4. The topological polar surface area (TPSA) is 138 Å². The van der Waals surface area contributed by atoms with Crippen molar-refractivity contribution in [3.63, 3.8) is 0 Å². The second-order valence-electron chi connectivity index (χ2n) is 12.3. The molecule has 1 aliphatic carbocycles. The van der Waals surface area contributed by atoms with Gasteiger partial charge in [-0.05, 0) is 67.4 Å². The summed E-state index contributed by atoms with van der Waals surface area (Å²) < 4.78 is 52.2. The number of ether oxygens (including phenoxy) is 2. The van der Waals surface area contributed by atoms with E-state index in [1.54, 1.807) is 30.3 Å². The maximum absolute atomic E-state index is 14.2. The Morgan fingerprint density at radius 3 is 2.45 bits per heavy atom. The fourth-order valence-electron chi connectivity index (χ4n) is 6.22. The molecule has 1 saturated carbocycles. The lowest BCUT2D eigenvalue weighted by atomic mass is 10.1. The number of piperazine rings is 1. The molecule has 13 nitrogen and oxygen atoms in total. The number of rotatable bonds is 11. The summed E-state index contributed by atoms with van der Waals surface area (Å²) in [7, 11) is 0. The summed E-state index contributed by atoms with van der Waals surface area (Å²) in [6, 6.07) is 13.7. The van der Waals surface area contributed by atoms with Crippen molar-refractivity contribution < 1.29 is 32.2 Å². The Balaban J connectivity index is 1.20. The molecule has 1 amide bonds. The minimum atomic E-state index is -4.67. The Morgan fingerprint density at radius 2 is 1.73 bits per heavy atom. The van der Waals surface area contributed by atoms with Crippen LogP contribution < -0.4 is 15.0 Å². The molecule has 2 aromatic carbocycles. The molecule has 264 valence electrons. The summed E-state index contributed by atoms with van der Waals surface area (Å²) in [5, 5.41) is 8.56. The number of hydrogen-bond acceptors (Lipinski definition) is 10. The lowest BCUT2D eigenvalue weighted by molar-refractivity contribution is -0.153. The van der Waals surface area contributed by atoms with E-state index in [9.17, 15) is 27.6 Å². The summed E-state index contributed by atoms with van der Waals surface area (Å²) in [6.45, 7) is -0.678. The molecule has 51 heavy (non-hydrogen) atoms. The van der Waals surface area contributed by atoms with Gasteiger partial charge in [0, 0.05) is 36.4 Å². The molecule has 0 atom stereocenters. The van der Waals surface area contributed by atoms with Crippen molar-refractivity contribution in [1.82, 2.24) is 39.3 Å². The molecule has 0 N–H and O–H groups in total. The van der Waals surface area contributed by atoms with Crippen molar-refractivity contribution in [3.05, 3.63) is 100.0 Å². The molecule has 1 spiro atoms.